The minimum atomic E-state index is -0.671. The van der Waals surface area contributed by atoms with E-state index in [1.165, 1.54) is 0 Å². The third kappa shape index (κ3) is 5.28. The molecule has 0 aliphatic rings. The van der Waals surface area contributed by atoms with Crippen molar-refractivity contribution in [1.29, 1.82) is 0 Å². The van der Waals surface area contributed by atoms with Crippen LogP contribution in [0.25, 0.3) is 0 Å². The average Bonchev–Trinajstić information content (AvgIpc) is 2.29. The fraction of sp³-hybridized carbons (Fsp3) is 0.182. The van der Waals surface area contributed by atoms with Crippen molar-refractivity contribution in [2.75, 3.05) is 0 Å². The SMILES string of the molecule is C=CC(=O)OC(I)C(I)(I)Oc1ccccc1. The van der Waals surface area contributed by atoms with E-state index in [0.29, 0.717) is 0 Å². The molecule has 0 spiro atoms. The number of para-hydroxylation sites is 1. The third-order valence-electron chi connectivity index (χ3n) is 1.65. The lowest BCUT2D eigenvalue weighted by Crippen LogP contribution is -2.34. The van der Waals surface area contributed by atoms with Crippen LogP contribution in [-0.2, 0) is 9.53 Å². The molecule has 0 amide bonds. The second-order valence-corrected chi connectivity index (χ2v) is 9.33. The zero-order valence-corrected chi connectivity index (χ0v) is 15.1. The van der Waals surface area contributed by atoms with Gasteiger partial charge >= 0.3 is 5.97 Å². The number of hydrogen-bond donors (Lipinski definition) is 0. The number of carbonyl (C=O) groups excluding carboxylic acids is 1. The highest BCUT2D eigenvalue weighted by atomic mass is 127. The van der Waals surface area contributed by atoms with Crippen molar-refractivity contribution in [3.8, 4) is 5.75 Å². The quantitative estimate of drug-likeness (QED) is 0.232. The minimum Gasteiger partial charge on any atom is -0.463 e. The molecule has 92 valence electrons. The molecule has 1 atom stereocenters. The summed E-state index contributed by atoms with van der Waals surface area (Å²) in [4.78, 5) is 11.1. The number of alkyl halides is 3. The Bertz CT molecular complexity index is 392. The summed E-state index contributed by atoms with van der Waals surface area (Å²) in [5.74, 6) is 0.270. The first-order valence-corrected chi connectivity index (χ1v) is 7.95. The molecule has 1 aromatic carbocycles. The van der Waals surface area contributed by atoms with Gasteiger partial charge in [-0.15, -0.1) is 0 Å². The van der Waals surface area contributed by atoms with Crippen LogP contribution >= 0.6 is 67.8 Å². The maximum atomic E-state index is 11.1. The van der Waals surface area contributed by atoms with E-state index >= 15 is 0 Å². The van der Waals surface area contributed by atoms with Gasteiger partial charge in [0.1, 0.15) is 5.75 Å². The average molecular weight is 570 g/mol. The van der Waals surface area contributed by atoms with Gasteiger partial charge in [-0.05, 0) is 79.9 Å². The molecular formula is C11H9I3O3. The minimum absolute atomic E-state index is 0.424. The van der Waals surface area contributed by atoms with Crippen LogP contribution in [-0.4, -0.2) is 11.7 Å². The maximum Gasteiger partial charge on any atom is 0.331 e. The van der Waals surface area contributed by atoms with Crippen molar-refractivity contribution >= 4 is 73.7 Å². The van der Waals surface area contributed by atoms with Crippen LogP contribution in [0.2, 0.25) is 0 Å². The second-order valence-electron chi connectivity index (χ2n) is 2.93. The van der Waals surface area contributed by atoms with Crippen LogP contribution in [0.5, 0.6) is 5.75 Å². The van der Waals surface area contributed by atoms with Gasteiger partial charge in [-0.1, -0.05) is 24.8 Å². The number of benzene rings is 1. The Morgan fingerprint density at radius 3 is 2.47 bits per heavy atom. The first-order chi connectivity index (χ1) is 7.95. The van der Waals surface area contributed by atoms with Crippen LogP contribution in [0.15, 0.2) is 43.0 Å². The van der Waals surface area contributed by atoms with E-state index in [4.69, 9.17) is 9.47 Å². The molecule has 1 unspecified atom stereocenters. The Morgan fingerprint density at radius 1 is 1.35 bits per heavy atom. The standard InChI is InChI=1S/C11H9I3O3/c1-2-9(15)16-10(12)11(13,14)17-8-6-4-3-5-7-8/h2-7,10H,1H2. The van der Waals surface area contributed by atoms with Crippen LogP contribution < -0.4 is 4.74 Å². The highest BCUT2D eigenvalue weighted by Gasteiger charge is 2.36. The lowest BCUT2D eigenvalue weighted by Gasteiger charge is -2.26. The van der Waals surface area contributed by atoms with Gasteiger partial charge in [0, 0.05) is 6.08 Å². The van der Waals surface area contributed by atoms with E-state index in [1.807, 2.05) is 52.9 Å². The van der Waals surface area contributed by atoms with Gasteiger partial charge in [0.15, 0.2) is 0 Å². The molecule has 1 rings (SSSR count). The predicted octanol–water partition coefficient (Wildman–Crippen LogP) is 4.08. The molecule has 0 fully saturated rings. The number of ether oxygens (including phenoxy) is 2. The first-order valence-electron chi connectivity index (χ1n) is 4.54. The molecule has 0 bridgehead atoms. The van der Waals surface area contributed by atoms with Gasteiger partial charge in [0.2, 0.25) is 4.11 Å². The largest absolute Gasteiger partial charge is 0.463 e. The summed E-state index contributed by atoms with van der Waals surface area (Å²) in [6.07, 6.45) is 1.14. The molecule has 0 heterocycles. The van der Waals surface area contributed by atoms with Crippen LogP contribution in [0.4, 0.5) is 0 Å². The molecule has 0 N–H and O–H groups in total. The summed E-state index contributed by atoms with van der Waals surface area (Å²) >= 11 is 6.22. The number of halogens is 3. The van der Waals surface area contributed by atoms with Gasteiger partial charge < -0.3 is 9.47 Å². The van der Waals surface area contributed by atoms with Crippen LogP contribution in [0, 0.1) is 0 Å². The van der Waals surface area contributed by atoms with Crippen molar-refractivity contribution in [1.82, 2.24) is 0 Å². The van der Waals surface area contributed by atoms with Crippen molar-refractivity contribution in [2.45, 2.75) is 5.73 Å². The van der Waals surface area contributed by atoms with Crippen LogP contribution in [0.3, 0.4) is 0 Å². The molecule has 0 aromatic heterocycles. The summed E-state index contributed by atoms with van der Waals surface area (Å²) in [5, 5.41) is 0. The van der Waals surface area contributed by atoms with E-state index in [1.54, 1.807) is 0 Å². The molecule has 6 heteroatoms. The summed E-state index contributed by atoms with van der Waals surface area (Å²) in [6.45, 7) is 3.36. The third-order valence-corrected chi connectivity index (χ3v) is 6.73. The summed E-state index contributed by atoms with van der Waals surface area (Å²) in [6, 6.07) is 9.39. The van der Waals surface area contributed by atoms with Gasteiger partial charge in [-0.2, -0.15) is 0 Å². The van der Waals surface area contributed by atoms with Crippen molar-refractivity contribution in [3.63, 3.8) is 0 Å². The number of esters is 1. The smallest absolute Gasteiger partial charge is 0.331 e. The lowest BCUT2D eigenvalue weighted by atomic mass is 10.3. The Kier molecular flexibility index (Phi) is 6.48. The van der Waals surface area contributed by atoms with E-state index in [2.05, 4.69) is 51.8 Å². The monoisotopic (exact) mass is 570 g/mol. The number of carbonyl (C=O) groups is 1. The molecule has 0 saturated heterocycles. The van der Waals surface area contributed by atoms with E-state index in [9.17, 15) is 4.79 Å². The summed E-state index contributed by atoms with van der Waals surface area (Å²) < 4.78 is 9.79. The van der Waals surface area contributed by atoms with E-state index < -0.39 is 11.7 Å². The maximum absolute atomic E-state index is 11.1. The topological polar surface area (TPSA) is 35.5 Å². The Hall–Kier alpha value is 0.420. The summed E-state index contributed by atoms with van der Waals surface area (Å²) in [7, 11) is 0. The van der Waals surface area contributed by atoms with Gasteiger partial charge in [0.05, 0.1) is 0 Å². The molecular weight excluding hydrogens is 561 g/mol. The fourth-order valence-corrected chi connectivity index (χ4v) is 2.05. The molecule has 17 heavy (non-hydrogen) atoms. The van der Waals surface area contributed by atoms with Gasteiger partial charge in [0.25, 0.3) is 1.61 Å². The molecule has 1 aromatic rings. The Morgan fingerprint density at radius 2 is 1.94 bits per heavy atom. The van der Waals surface area contributed by atoms with E-state index in [0.717, 1.165) is 11.8 Å². The highest BCUT2D eigenvalue weighted by Crippen LogP contribution is 2.39. The Balaban J connectivity index is 2.67. The highest BCUT2D eigenvalue weighted by molar-refractivity contribution is 14.2. The van der Waals surface area contributed by atoms with Crippen molar-refractivity contribution < 1.29 is 14.3 Å². The second kappa shape index (κ2) is 7.12. The molecule has 0 aliphatic carbocycles. The molecule has 0 saturated carbocycles. The molecule has 3 nitrogen and oxygen atoms in total. The molecule has 0 radical (unpaired) electrons. The zero-order chi connectivity index (χ0) is 12.9. The van der Waals surface area contributed by atoms with Gasteiger partial charge in [-0.3, -0.25) is 0 Å². The Labute approximate surface area is 141 Å². The van der Waals surface area contributed by atoms with Crippen molar-refractivity contribution in [3.05, 3.63) is 43.0 Å². The normalized spacial score (nSPS) is 12.6. The van der Waals surface area contributed by atoms with Crippen LogP contribution in [0.1, 0.15) is 0 Å². The van der Waals surface area contributed by atoms with Gasteiger partial charge in [-0.25, -0.2) is 4.79 Å². The van der Waals surface area contributed by atoms with Crippen molar-refractivity contribution in [2.24, 2.45) is 0 Å². The fourth-order valence-electron chi connectivity index (χ4n) is 0.911. The predicted molar refractivity (Wildman–Crippen MR) is 91.9 cm³/mol. The number of hydrogen-bond acceptors (Lipinski definition) is 3. The number of rotatable bonds is 5. The lowest BCUT2D eigenvalue weighted by molar-refractivity contribution is -0.139. The zero-order valence-electron chi connectivity index (χ0n) is 8.61. The summed E-state index contributed by atoms with van der Waals surface area (Å²) in [5.41, 5.74) is 0. The first kappa shape index (κ1) is 15.5. The van der Waals surface area contributed by atoms with E-state index in [-0.39, 0.29) is 0 Å². The molecule has 0 aliphatic heterocycles.